The first-order valence-electron chi connectivity index (χ1n) is 5.75. The average Bonchev–Trinajstić information content (AvgIpc) is 2.79. The minimum Gasteiger partial charge on any atom is -0.490 e. The monoisotopic (exact) mass is 203 g/mol. The van der Waals surface area contributed by atoms with Crippen LogP contribution >= 0.6 is 0 Å². The maximum Gasteiger partial charge on any atom is 0.122 e. The summed E-state index contributed by atoms with van der Waals surface area (Å²) in [6, 6.07) is 5.89. The van der Waals surface area contributed by atoms with Crippen LogP contribution in [-0.4, -0.2) is 6.10 Å². The van der Waals surface area contributed by atoms with E-state index in [0.29, 0.717) is 6.10 Å². The van der Waals surface area contributed by atoms with Gasteiger partial charge in [-0.15, -0.1) is 0 Å². The van der Waals surface area contributed by atoms with Crippen molar-refractivity contribution in [1.29, 1.82) is 0 Å². The Morgan fingerprint density at radius 2 is 1.93 bits per heavy atom. The van der Waals surface area contributed by atoms with E-state index >= 15 is 0 Å². The maximum absolute atomic E-state index is 6.01. The van der Waals surface area contributed by atoms with Crippen molar-refractivity contribution in [2.24, 2.45) is 11.8 Å². The molecule has 80 valence electrons. The molecule has 2 unspecified atom stereocenters. The number of hydrogen-bond donors (Lipinski definition) is 1. The fourth-order valence-corrected chi connectivity index (χ4v) is 2.74. The molecular formula is C13H17NO. The van der Waals surface area contributed by atoms with Gasteiger partial charge in [0.05, 0.1) is 6.10 Å². The minimum atomic E-state index is 0.455. The van der Waals surface area contributed by atoms with Crippen LogP contribution in [0.15, 0.2) is 18.2 Å². The van der Waals surface area contributed by atoms with Crippen LogP contribution < -0.4 is 10.5 Å². The van der Waals surface area contributed by atoms with E-state index in [0.717, 1.165) is 28.8 Å². The fourth-order valence-electron chi connectivity index (χ4n) is 2.74. The van der Waals surface area contributed by atoms with Gasteiger partial charge in [-0.2, -0.15) is 0 Å². The molecule has 0 bridgehead atoms. The zero-order chi connectivity index (χ0) is 10.4. The number of nitrogen functional groups attached to an aromatic ring is 1. The Hall–Kier alpha value is -1.18. The molecule has 2 saturated carbocycles. The third-order valence-corrected chi connectivity index (χ3v) is 3.69. The number of benzene rings is 1. The lowest BCUT2D eigenvalue weighted by atomic mass is 10.2. The van der Waals surface area contributed by atoms with Crippen molar-refractivity contribution >= 4 is 5.69 Å². The van der Waals surface area contributed by atoms with Crippen LogP contribution in [0.3, 0.4) is 0 Å². The van der Waals surface area contributed by atoms with E-state index in [1.54, 1.807) is 0 Å². The first kappa shape index (κ1) is 9.08. The van der Waals surface area contributed by atoms with Gasteiger partial charge in [-0.25, -0.2) is 0 Å². The number of nitrogens with two attached hydrogens (primary N) is 1. The molecule has 2 aliphatic carbocycles. The van der Waals surface area contributed by atoms with Gasteiger partial charge in [-0.1, -0.05) is 0 Å². The van der Waals surface area contributed by atoms with Gasteiger partial charge in [0.1, 0.15) is 5.75 Å². The van der Waals surface area contributed by atoms with Gasteiger partial charge in [0.25, 0.3) is 0 Å². The molecule has 1 aromatic rings. The summed E-state index contributed by atoms with van der Waals surface area (Å²) in [7, 11) is 0. The zero-order valence-electron chi connectivity index (χ0n) is 9.07. The molecule has 0 aliphatic heterocycles. The molecule has 0 radical (unpaired) electrons. The Labute approximate surface area is 90.4 Å². The lowest BCUT2D eigenvalue weighted by Gasteiger charge is -2.17. The average molecular weight is 203 g/mol. The molecule has 1 aromatic carbocycles. The Morgan fingerprint density at radius 3 is 2.60 bits per heavy atom. The molecule has 0 aromatic heterocycles. The van der Waals surface area contributed by atoms with Gasteiger partial charge in [0, 0.05) is 5.69 Å². The zero-order valence-corrected chi connectivity index (χ0v) is 9.07. The molecule has 2 fully saturated rings. The topological polar surface area (TPSA) is 35.2 Å². The van der Waals surface area contributed by atoms with Gasteiger partial charge in [-0.05, 0) is 61.8 Å². The largest absolute Gasteiger partial charge is 0.490 e. The van der Waals surface area contributed by atoms with Gasteiger partial charge in [0.15, 0.2) is 0 Å². The fraction of sp³-hybridized carbons (Fsp3) is 0.538. The van der Waals surface area contributed by atoms with Crippen molar-refractivity contribution in [2.45, 2.75) is 32.3 Å². The molecule has 2 nitrogen and oxygen atoms in total. The number of rotatable bonds is 2. The third-order valence-electron chi connectivity index (χ3n) is 3.69. The number of aryl methyl sites for hydroxylation is 1. The van der Waals surface area contributed by atoms with Gasteiger partial charge < -0.3 is 10.5 Å². The summed E-state index contributed by atoms with van der Waals surface area (Å²) in [5, 5.41) is 0. The second-order valence-corrected chi connectivity index (χ2v) is 4.99. The van der Waals surface area contributed by atoms with E-state index in [-0.39, 0.29) is 0 Å². The second kappa shape index (κ2) is 3.16. The SMILES string of the molecule is Cc1cc(N)ccc1OC1CC2CC2C1. The summed E-state index contributed by atoms with van der Waals surface area (Å²) in [5.41, 5.74) is 7.67. The molecule has 0 amide bonds. The highest BCUT2D eigenvalue weighted by Crippen LogP contribution is 2.52. The maximum atomic E-state index is 6.01. The van der Waals surface area contributed by atoms with Crippen molar-refractivity contribution in [3.8, 4) is 5.75 Å². The van der Waals surface area contributed by atoms with Crippen molar-refractivity contribution in [2.75, 3.05) is 5.73 Å². The van der Waals surface area contributed by atoms with Gasteiger partial charge in [0.2, 0.25) is 0 Å². The lowest BCUT2D eigenvalue weighted by Crippen LogP contribution is -2.14. The highest BCUT2D eigenvalue weighted by atomic mass is 16.5. The summed E-state index contributed by atoms with van der Waals surface area (Å²) in [4.78, 5) is 0. The molecule has 0 saturated heterocycles. The molecule has 0 spiro atoms. The van der Waals surface area contributed by atoms with Crippen LogP contribution in [0.1, 0.15) is 24.8 Å². The molecule has 2 heteroatoms. The molecule has 2 atom stereocenters. The van der Waals surface area contributed by atoms with Crippen LogP contribution in [0.4, 0.5) is 5.69 Å². The summed E-state index contributed by atoms with van der Waals surface area (Å²) in [5.74, 6) is 2.96. The number of anilines is 1. The molecular weight excluding hydrogens is 186 g/mol. The number of fused-ring (bicyclic) bond motifs is 1. The minimum absolute atomic E-state index is 0.455. The van der Waals surface area contributed by atoms with Gasteiger partial charge >= 0.3 is 0 Å². The first-order valence-corrected chi connectivity index (χ1v) is 5.75. The molecule has 2 aliphatic rings. The number of hydrogen-bond acceptors (Lipinski definition) is 2. The summed E-state index contributed by atoms with van der Waals surface area (Å²) in [6.45, 7) is 2.06. The summed E-state index contributed by atoms with van der Waals surface area (Å²) in [6.07, 6.45) is 4.42. The van der Waals surface area contributed by atoms with E-state index in [4.69, 9.17) is 10.5 Å². The predicted molar refractivity (Wildman–Crippen MR) is 60.8 cm³/mol. The summed E-state index contributed by atoms with van der Waals surface area (Å²) >= 11 is 0. The van der Waals surface area contributed by atoms with Crippen LogP contribution in [0.25, 0.3) is 0 Å². The van der Waals surface area contributed by atoms with Gasteiger partial charge in [-0.3, -0.25) is 0 Å². The smallest absolute Gasteiger partial charge is 0.122 e. The van der Waals surface area contributed by atoms with Crippen molar-refractivity contribution in [3.05, 3.63) is 23.8 Å². The Morgan fingerprint density at radius 1 is 1.20 bits per heavy atom. The quantitative estimate of drug-likeness (QED) is 0.750. The Bertz CT molecular complexity index is 378. The van der Waals surface area contributed by atoms with Crippen molar-refractivity contribution in [1.82, 2.24) is 0 Å². The van der Waals surface area contributed by atoms with Crippen molar-refractivity contribution in [3.63, 3.8) is 0 Å². The Balaban J connectivity index is 1.71. The number of ether oxygens (including phenoxy) is 1. The normalized spacial score (nSPS) is 32.5. The lowest BCUT2D eigenvalue weighted by molar-refractivity contribution is 0.193. The highest BCUT2D eigenvalue weighted by molar-refractivity contribution is 5.47. The second-order valence-electron chi connectivity index (χ2n) is 4.99. The van der Waals surface area contributed by atoms with E-state index in [9.17, 15) is 0 Å². The van der Waals surface area contributed by atoms with E-state index in [1.165, 1.54) is 19.3 Å². The molecule has 3 rings (SSSR count). The van der Waals surface area contributed by atoms with Crippen LogP contribution in [0, 0.1) is 18.8 Å². The molecule has 15 heavy (non-hydrogen) atoms. The van der Waals surface area contributed by atoms with E-state index < -0.39 is 0 Å². The first-order chi connectivity index (χ1) is 7.22. The van der Waals surface area contributed by atoms with Crippen LogP contribution in [0.5, 0.6) is 5.75 Å². The standard InChI is InChI=1S/C13H17NO/c1-8-4-11(14)2-3-13(8)15-12-6-9-5-10(9)7-12/h2-4,9-10,12H,5-7,14H2,1H3. The van der Waals surface area contributed by atoms with Crippen LogP contribution in [-0.2, 0) is 0 Å². The summed E-state index contributed by atoms with van der Waals surface area (Å²) < 4.78 is 6.01. The van der Waals surface area contributed by atoms with Crippen LogP contribution in [0.2, 0.25) is 0 Å². The van der Waals surface area contributed by atoms with E-state index in [2.05, 4.69) is 6.92 Å². The molecule has 0 heterocycles. The van der Waals surface area contributed by atoms with E-state index in [1.807, 2.05) is 18.2 Å². The highest BCUT2D eigenvalue weighted by Gasteiger charge is 2.46. The third kappa shape index (κ3) is 1.69. The Kier molecular flexibility index (Phi) is 1.91. The van der Waals surface area contributed by atoms with Crippen molar-refractivity contribution < 1.29 is 4.74 Å². The predicted octanol–water partition coefficient (Wildman–Crippen LogP) is 2.75. The molecule has 2 N–H and O–H groups in total.